The van der Waals surface area contributed by atoms with Gasteiger partial charge in [0.25, 0.3) is 0 Å². The van der Waals surface area contributed by atoms with E-state index in [0.717, 1.165) is 11.3 Å². The van der Waals surface area contributed by atoms with E-state index < -0.39 is 15.3 Å². The van der Waals surface area contributed by atoms with E-state index in [1.54, 1.807) is 14.0 Å². The van der Waals surface area contributed by atoms with Crippen LogP contribution in [-0.4, -0.2) is 33.4 Å². The fourth-order valence-electron chi connectivity index (χ4n) is 1.83. The molecule has 2 atom stereocenters. The first kappa shape index (κ1) is 17.9. The van der Waals surface area contributed by atoms with Crippen molar-refractivity contribution in [1.29, 1.82) is 0 Å². The van der Waals surface area contributed by atoms with Crippen LogP contribution in [0.15, 0.2) is 24.3 Å². The van der Waals surface area contributed by atoms with Crippen molar-refractivity contribution in [3.8, 4) is 5.75 Å². The van der Waals surface area contributed by atoms with E-state index >= 15 is 0 Å². The maximum atomic E-state index is 12.3. The molecule has 0 aromatic heterocycles. The zero-order chi connectivity index (χ0) is 16.0. The molecule has 0 aliphatic heterocycles. The Balaban J connectivity index is 2.68. The van der Waals surface area contributed by atoms with Crippen LogP contribution in [-0.2, 0) is 10.0 Å². The van der Waals surface area contributed by atoms with Crippen LogP contribution in [0.5, 0.6) is 5.75 Å². The predicted octanol–water partition coefficient (Wildman–Crippen LogP) is 2.06. The van der Waals surface area contributed by atoms with E-state index in [2.05, 4.69) is 10.0 Å². The molecule has 1 rings (SSSR count). The summed E-state index contributed by atoms with van der Waals surface area (Å²) in [7, 11) is -1.76. The van der Waals surface area contributed by atoms with Crippen LogP contribution in [0.25, 0.3) is 0 Å². The lowest BCUT2D eigenvalue weighted by atomic mass is 10.1. The number of rotatable bonds is 8. The molecule has 2 unspecified atom stereocenters. The van der Waals surface area contributed by atoms with Crippen molar-refractivity contribution in [2.75, 3.05) is 13.7 Å². The van der Waals surface area contributed by atoms with Gasteiger partial charge in [0.15, 0.2) is 0 Å². The van der Waals surface area contributed by atoms with Crippen LogP contribution in [0.1, 0.15) is 39.3 Å². The second kappa shape index (κ2) is 7.77. The molecule has 6 heteroatoms. The topological polar surface area (TPSA) is 67.4 Å². The molecule has 0 aliphatic rings. The molecule has 2 N–H and O–H groups in total. The smallest absolute Gasteiger partial charge is 0.216 e. The Hall–Kier alpha value is -1.11. The van der Waals surface area contributed by atoms with Gasteiger partial charge >= 0.3 is 0 Å². The maximum Gasteiger partial charge on any atom is 0.216 e. The van der Waals surface area contributed by atoms with Crippen molar-refractivity contribution in [2.45, 2.75) is 45.0 Å². The normalized spacial score (nSPS) is 15.0. The lowest BCUT2D eigenvalue weighted by Gasteiger charge is -2.20. The summed E-state index contributed by atoms with van der Waals surface area (Å²) >= 11 is 0. The molecule has 21 heavy (non-hydrogen) atoms. The predicted molar refractivity (Wildman–Crippen MR) is 86.1 cm³/mol. The van der Waals surface area contributed by atoms with E-state index in [4.69, 9.17) is 4.74 Å². The average molecular weight is 314 g/mol. The summed E-state index contributed by atoms with van der Waals surface area (Å²) in [6.45, 7) is 7.96. The molecular formula is C15H26N2O3S. The Labute approximate surface area is 128 Å². The number of hydrogen-bond acceptors (Lipinski definition) is 4. The Bertz CT molecular complexity index is 526. The Morgan fingerprint density at radius 1 is 1.10 bits per heavy atom. The Morgan fingerprint density at radius 3 is 2.14 bits per heavy atom. The summed E-state index contributed by atoms with van der Waals surface area (Å²) in [4.78, 5) is 0. The number of benzene rings is 1. The molecule has 0 radical (unpaired) electrons. The molecule has 0 fully saturated rings. The Morgan fingerprint density at radius 2 is 1.67 bits per heavy atom. The van der Waals surface area contributed by atoms with Gasteiger partial charge < -0.3 is 10.1 Å². The van der Waals surface area contributed by atoms with Gasteiger partial charge in [-0.05, 0) is 31.5 Å². The second-order valence-electron chi connectivity index (χ2n) is 5.53. The molecular weight excluding hydrogens is 288 g/mol. The van der Waals surface area contributed by atoms with Crippen LogP contribution in [0.2, 0.25) is 0 Å². The quantitative estimate of drug-likeness (QED) is 0.771. The molecule has 0 bridgehead atoms. The maximum absolute atomic E-state index is 12.3. The molecule has 1 aromatic rings. The number of nitrogens with one attached hydrogen (secondary N) is 2. The molecule has 120 valence electrons. The fourth-order valence-corrected chi connectivity index (χ4v) is 3.01. The highest BCUT2D eigenvalue weighted by Gasteiger charge is 2.23. The second-order valence-corrected chi connectivity index (χ2v) is 7.66. The lowest BCUT2D eigenvalue weighted by Crippen LogP contribution is -2.41. The highest BCUT2D eigenvalue weighted by atomic mass is 32.2. The van der Waals surface area contributed by atoms with Gasteiger partial charge in [0, 0.05) is 18.6 Å². The van der Waals surface area contributed by atoms with E-state index in [1.807, 2.05) is 45.0 Å². The minimum absolute atomic E-state index is 0.265. The number of methoxy groups -OCH3 is 1. The van der Waals surface area contributed by atoms with Gasteiger partial charge in [-0.15, -0.1) is 0 Å². The molecule has 1 aromatic carbocycles. The zero-order valence-corrected chi connectivity index (χ0v) is 14.2. The molecule has 0 saturated carbocycles. The highest BCUT2D eigenvalue weighted by Crippen LogP contribution is 2.18. The largest absolute Gasteiger partial charge is 0.497 e. The average Bonchev–Trinajstić information content (AvgIpc) is 2.44. The third-order valence-electron chi connectivity index (χ3n) is 3.30. The van der Waals surface area contributed by atoms with Crippen LogP contribution in [0.3, 0.4) is 0 Å². The number of hydrogen-bond donors (Lipinski definition) is 2. The standard InChI is InChI=1S/C15H26N2O3S/c1-11(2)16-10-12(3)21(18,19)17-13(4)14-6-8-15(20-5)9-7-14/h6-9,11-13,16-17H,10H2,1-5H3. The minimum Gasteiger partial charge on any atom is -0.497 e. The van der Waals surface area contributed by atoms with E-state index in [-0.39, 0.29) is 12.1 Å². The van der Waals surface area contributed by atoms with Crippen LogP contribution in [0.4, 0.5) is 0 Å². The number of sulfonamides is 1. The fraction of sp³-hybridized carbons (Fsp3) is 0.600. The molecule has 0 heterocycles. The van der Waals surface area contributed by atoms with E-state index in [9.17, 15) is 8.42 Å². The van der Waals surface area contributed by atoms with Crippen molar-refractivity contribution in [1.82, 2.24) is 10.0 Å². The molecule has 5 nitrogen and oxygen atoms in total. The lowest BCUT2D eigenvalue weighted by molar-refractivity contribution is 0.414. The van der Waals surface area contributed by atoms with Gasteiger partial charge in [0.1, 0.15) is 5.75 Å². The van der Waals surface area contributed by atoms with Crippen molar-refractivity contribution < 1.29 is 13.2 Å². The number of ether oxygens (including phenoxy) is 1. The first-order chi connectivity index (χ1) is 9.76. The van der Waals surface area contributed by atoms with Crippen molar-refractivity contribution >= 4 is 10.0 Å². The summed E-state index contributed by atoms with van der Waals surface area (Å²) in [6, 6.07) is 7.36. The monoisotopic (exact) mass is 314 g/mol. The third kappa shape index (κ3) is 5.65. The highest BCUT2D eigenvalue weighted by molar-refractivity contribution is 7.90. The molecule has 0 saturated heterocycles. The van der Waals surface area contributed by atoms with Gasteiger partial charge in [0.2, 0.25) is 10.0 Å². The van der Waals surface area contributed by atoms with Gasteiger partial charge in [-0.1, -0.05) is 26.0 Å². The third-order valence-corrected chi connectivity index (χ3v) is 5.21. The van der Waals surface area contributed by atoms with E-state index in [1.165, 1.54) is 0 Å². The van der Waals surface area contributed by atoms with Crippen molar-refractivity contribution in [2.24, 2.45) is 0 Å². The molecule has 0 amide bonds. The molecule has 0 aliphatic carbocycles. The summed E-state index contributed by atoms with van der Waals surface area (Å²) in [5, 5.41) is 2.66. The van der Waals surface area contributed by atoms with Gasteiger partial charge in [0.05, 0.1) is 12.4 Å². The van der Waals surface area contributed by atoms with Crippen molar-refractivity contribution in [3.05, 3.63) is 29.8 Å². The SMILES string of the molecule is COc1ccc(C(C)NS(=O)(=O)C(C)CNC(C)C)cc1. The van der Waals surface area contributed by atoms with Crippen LogP contribution >= 0.6 is 0 Å². The minimum atomic E-state index is -3.36. The zero-order valence-electron chi connectivity index (χ0n) is 13.4. The summed E-state index contributed by atoms with van der Waals surface area (Å²) in [5.41, 5.74) is 0.906. The van der Waals surface area contributed by atoms with Gasteiger partial charge in [-0.25, -0.2) is 13.1 Å². The van der Waals surface area contributed by atoms with Gasteiger partial charge in [-0.2, -0.15) is 0 Å². The summed E-state index contributed by atoms with van der Waals surface area (Å²) in [6.07, 6.45) is 0. The first-order valence-corrected chi connectivity index (χ1v) is 8.69. The van der Waals surface area contributed by atoms with Crippen LogP contribution in [0, 0.1) is 0 Å². The van der Waals surface area contributed by atoms with Crippen LogP contribution < -0.4 is 14.8 Å². The van der Waals surface area contributed by atoms with Gasteiger partial charge in [-0.3, -0.25) is 0 Å². The van der Waals surface area contributed by atoms with Crippen molar-refractivity contribution in [3.63, 3.8) is 0 Å². The summed E-state index contributed by atoms with van der Waals surface area (Å²) < 4.78 is 32.4. The van der Waals surface area contributed by atoms with E-state index in [0.29, 0.717) is 6.54 Å². The Kier molecular flexibility index (Phi) is 6.64. The first-order valence-electron chi connectivity index (χ1n) is 7.14. The molecule has 0 spiro atoms. The summed E-state index contributed by atoms with van der Waals surface area (Å²) in [5.74, 6) is 0.753.